The summed E-state index contributed by atoms with van der Waals surface area (Å²) < 4.78 is 0. The fourth-order valence-electron chi connectivity index (χ4n) is 3.82. The van der Waals surface area contributed by atoms with E-state index in [0.717, 1.165) is 39.1 Å². The van der Waals surface area contributed by atoms with Gasteiger partial charge < -0.3 is 10.2 Å². The van der Waals surface area contributed by atoms with Crippen LogP contribution >= 0.6 is 0 Å². The second-order valence-corrected chi connectivity index (χ2v) is 6.81. The lowest BCUT2D eigenvalue weighted by atomic mass is 10.00. The first-order valence-corrected chi connectivity index (χ1v) is 9.00. The average Bonchev–Trinajstić information content (AvgIpc) is 2.68. The zero-order valence-electron chi connectivity index (χ0n) is 14.4. The average molecular weight is 336 g/mol. The number of fused-ring (bicyclic) bond motifs is 1. The molecule has 1 fully saturated rings. The third-order valence-electron chi connectivity index (χ3n) is 5.25. The number of hydrogen-bond acceptors (Lipinski definition) is 4. The van der Waals surface area contributed by atoms with Crippen LogP contribution in [0.15, 0.2) is 48.8 Å². The van der Waals surface area contributed by atoms with Crippen molar-refractivity contribution in [3.05, 3.63) is 65.5 Å². The van der Waals surface area contributed by atoms with Crippen LogP contribution in [-0.2, 0) is 17.8 Å². The van der Waals surface area contributed by atoms with Crippen molar-refractivity contribution in [3.8, 4) is 0 Å². The van der Waals surface area contributed by atoms with Crippen LogP contribution in [0.5, 0.6) is 0 Å². The summed E-state index contributed by atoms with van der Waals surface area (Å²) >= 11 is 0. The molecule has 0 radical (unpaired) electrons. The number of benzene rings is 1. The minimum Gasteiger partial charge on any atom is -0.337 e. The van der Waals surface area contributed by atoms with Gasteiger partial charge in [-0.2, -0.15) is 0 Å². The van der Waals surface area contributed by atoms with E-state index in [2.05, 4.69) is 45.5 Å². The number of nitrogens with zero attached hydrogens (tertiary/aromatic N) is 3. The highest BCUT2D eigenvalue weighted by Gasteiger charge is 2.28. The molecular weight excluding hydrogens is 312 g/mol. The third-order valence-corrected chi connectivity index (χ3v) is 5.25. The SMILES string of the molecule is O=C(CN1CCNCC1c1cccnc1)N1CCc2ccccc2C1. The summed E-state index contributed by atoms with van der Waals surface area (Å²) in [6.45, 7) is 4.70. The quantitative estimate of drug-likeness (QED) is 0.925. The molecule has 1 atom stereocenters. The molecule has 4 rings (SSSR count). The van der Waals surface area contributed by atoms with E-state index in [4.69, 9.17) is 0 Å². The fraction of sp³-hybridized carbons (Fsp3) is 0.400. The van der Waals surface area contributed by atoms with E-state index in [1.54, 1.807) is 6.20 Å². The van der Waals surface area contributed by atoms with Crippen LogP contribution in [0.4, 0.5) is 0 Å². The first-order valence-electron chi connectivity index (χ1n) is 9.00. The Morgan fingerprint density at radius 1 is 1.16 bits per heavy atom. The van der Waals surface area contributed by atoms with Crippen LogP contribution in [-0.4, -0.2) is 53.4 Å². The second kappa shape index (κ2) is 7.33. The Morgan fingerprint density at radius 3 is 2.88 bits per heavy atom. The molecule has 2 aromatic rings. The van der Waals surface area contributed by atoms with Gasteiger partial charge in [-0.25, -0.2) is 0 Å². The Labute approximate surface area is 148 Å². The Morgan fingerprint density at radius 2 is 2.04 bits per heavy atom. The monoisotopic (exact) mass is 336 g/mol. The third kappa shape index (κ3) is 3.57. The molecule has 5 heteroatoms. The summed E-state index contributed by atoms with van der Waals surface area (Å²) in [5.74, 6) is 0.227. The summed E-state index contributed by atoms with van der Waals surface area (Å²) in [6, 6.07) is 12.7. The molecule has 0 spiro atoms. The molecule has 130 valence electrons. The second-order valence-electron chi connectivity index (χ2n) is 6.81. The maximum Gasteiger partial charge on any atom is 0.237 e. The Bertz CT molecular complexity index is 733. The lowest BCUT2D eigenvalue weighted by molar-refractivity contribution is -0.134. The summed E-state index contributed by atoms with van der Waals surface area (Å²) in [5, 5.41) is 3.43. The van der Waals surface area contributed by atoms with Gasteiger partial charge >= 0.3 is 0 Å². The lowest BCUT2D eigenvalue weighted by Gasteiger charge is -2.37. The standard InChI is InChI=1S/C20H24N4O/c25-20(24-10-7-16-4-1-2-5-18(16)14-24)15-23-11-9-22-13-19(23)17-6-3-8-21-12-17/h1-6,8,12,19,22H,7,9-11,13-15H2. The predicted molar refractivity (Wildman–Crippen MR) is 97.0 cm³/mol. The van der Waals surface area contributed by atoms with Gasteiger partial charge in [0, 0.05) is 51.2 Å². The van der Waals surface area contributed by atoms with Gasteiger partial charge in [-0.3, -0.25) is 14.7 Å². The zero-order valence-corrected chi connectivity index (χ0v) is 14.4. The van der Waals surface area contributed by atoms with Crippen LogP contribution in [0.3, 0.4) is 0 Å². The molecule has 0 saturated carbocycles. The molecule has 25 heavy (non-hydrogen) atoms. The molecule has 1 N–H and O–H groups in total. The lowest BCUT2D eigenvalue weighted by Crippen LogP contribution is -2.50. The van der Waals surface area contributed by atoms with Crippen molar-refractivity contribution in [2.45, 2.75) is 19.0 Å². The zero-order chi connectivity index (χ0) is 17.1. The van der Waals surface area contributed by atoms with Crippen LogP contribution in [0.1, 0.15) is 22.7 Å². The first-order chi connectivity index (χ1) is 12.3. The van der Waals surface area contributed by atoms with Gasteiger partial charge in [0.25, 0.3) is 0 Å². The minimum atomic E-state index is 0.212. The Balaban J connectivity index is 1.44. The molecule has 5 nitrogen and oxygen atoms in total. The summed E-state index contributed by atoms with van der Waals surface area (Å²) in [6.07, 6.45) is 4.65. The molecule has 1 unspecified atom stereocenters. The number of nitrogens with one attached hydrogen (secondary N) is 1. The molecule has 1 aromatic heterocycles. The van der Waals surface area contributed by atoms with Gasteiger partial charge in [0.1, 0.15) is 0 Å². The molecule has 0 bridgehead atoms. The molecular formula is C20H24N4O. The van der Waals surface area contributed by atoms with E-state index < -0.39 is 0 Å². The summed E-state index contributed by atoms with van der Waals surface area (Å²) in [7, 11) is 0. The van der Waals surface area contributed by atoms with Crippen molar-refractivity contribution in [1.82, 2.24) is 20.1 Å². The van der Waals surface area contributed by atoms with Crippen LogP contribution in [0.25, 0.3) is 0 Å². The van der Waals surface area contributed by atoms with Gasteiger partial charge in [-0.05, 0) is 29.2 Å². The molecule has 2 aliphatic rings. The fourth-order valence-corrected chi connectivity index (χ4v) is 3.82. The number of rotatable bonds is 3. The normalized spacial score (nSPS) is 21.0. The summed E-state index contributed by atoms with van der Waals surface area (Å²) in [5.41, 5.74) is 3.83. The number of hydrogen-bond donors (Lipinski definition) is 1. The van der Waals surface area contributed by atoms with E-state index in [1.807, 2.05) is 17.2 Å². The number of carbonyl (C=O) groups excluding carboxylic acids is 1. The Hall–Kier alpha value is -2.24. The van der Waals surface area contributed by atoms with E-state index in [0.29, 0.717) is 6.54 Å². The van der Waals surface area contributed by atoms with E-state index in [1.165, 1.54) is 16.7 Å². The predicted octanol–water partition coefficient (Wildman–Crippen LogP) is 1.61. The van der Waals surface area contributed by atoms with Crippen molar-refractivity contribution >= 4 is 5.91 Å². The highest BCUT2D eigenvalue weighted by Crippen LogP contribution is 2.23. The highest BCUT2D eigenvalue weighted by molar-refractivity contribution is 5.78. The topological polar surface area (TPSA) is 48.5 Å². The van der Waals surface area contributed by atoms with E-state index >= 15 is 0 Å². The minimum absolute atomic E-state index is 0.212. The van der Waals surface area contributed by atoms with Crippen molar-refractivity contribution in [2.24, 2.45) is 0 Å². The van der Waals surface area contributed by atoms with Gasteiger partial charge in [0.2, 0.25) is 5.91 Å². The van der Waals surface area contributed by atoms with Gasteiger partial charge in [-0.15, -0.1) is 0 Å². The molecule has 1 saturated heterocycles. The largest absolute Gasteiger partial charge is 0.337 e. The maximum atomic E-state index is 12.9. The smallest absolute Gasteiger partial charge is 0.237 e. The first kappa shape index (κ1) is 16.2. The number of pyridine rings is 1. The van der Waals surface area contributed by atoms with Gasteiger partial charge in [0.05, 0.1) is 6.54 Å². The van der Waals surface area contributed by atoms with Crippen molar-refractivity contribution in [1.29, 1.82) is 0 Å². The molecule has 3 heterocycles. The number of piperazine rings is 1. The van der Waals surface area contributed by atoms with Crippen LogP contribution in [0.2, 0.25) is 0 Å². The van der Waals surface area contributed by atoms with E-state index in [-0.39, 0.29) is 11.9 Å². The number of carbonyl (C=O) groups is 1. The molecule has 0 aliphatic carbocycles. The van der Waals surface area contributed by atoms with Crippen LogP contribution in [0, 0.1) is 0 Å². The highest BCUT2D eigenvalue weighted by atomic mass is 16.2. The van der Waals surface area contributed by atoms with Crippen molar-refractivity contribution in [2.75, 3.05) is 32.7 Å². The Kier molecular flexibility index (Phi) is 4.76. The summed E-state index contributed by atoms with van der Waals surface area (Å²) in [4.78, 5) is 21.4. The van der Waals surface area contributed by atoms with E-state index in [9.17, 15) is 4.79 Å². The van der Waals surface area contributed by atoms with Gasteiger partial charge in [0.15, 0.2) is 0 Å². The number of aromatic nitrogens is 1. The van der Waals surface area contributed by atoms with Crippen LogP contribution < -0.4 is 5.32 Å². The molecule has 1 amide bonds. The molecule has 2 aliphatic heterocycles. The van der Waals surface area contributed by atoms with Gasteiger partial charge in [-0.1, -0.05) is 30.3 Å². The molecule has 1 aromatic carbocycles. The maximum absolute atomic E-state index is 12.9. The number of amides is 1. The van der Waals surface area contributed by atoms with Crippen molar-refractivity contribution < 1.29 is 4.79 Å². The van der Waals surface area contributed by atoms with Crippen molar-refractivity contribution in [3.63, 3.8) is 0 Å².